The van der Waals surface area contributed by atoms with Gasteiger partial charge < -0.3 is 5.11 Å². The molecular formula is C15H16O2. The van der Waals surface area contributed by atoms with E-state index in [2.05, 4.69) is 11.8 Å². The van der Waals surface area contributed by atoms with Crippen LogP contribution in [-0.2, 0) is 4.79 Å². The van der Waals surface area contributed by atoms with E-state index >= 15 is 0 Å². The lowest BCUT2D eigenvalue weighted by atomic mass is 9.83. The quantitative estimate of drug-likeness (QED) is 0.790. The molecule has 0 aromatic heterocycles. The molecule has 1 saturated carbocycles. The number of carboxylic acids is 1. The molecule has 0 heterocycles. The largest absolute Gasteiger partial charge is 0.481 e. The van der Waals surface area contributed by atoms with E-state index in [-0.39, 0.29) is 0 Å². The Labute approximate surface area is 102 Å². The van der Waals surface area contributed by atoms with Crippen molar-refractivity contribution < 1.29 is 9.90 Å². The minimum absolute atomic E-state index is 0.469. The molecule has 0 amide bonds. The van der Waals surface area contributed by atoms with Crippen molar-refractivity contribution in [2.45, 2.75) is 32.1 Å². The smallest absolute Gasteiger partial charge is 0.310 e. The molecule has 2 rings (SSSR count). The van der Waals surface area contributed by atoms with Gasteiger partial charge in [-0.25, -0.2) is 0 Å². The highest BCUT2D eigenvalue weighted by atomic mass is 16.4. The van der Waals surface area contributed by atoms with E-state index in [1.165, 1.54) is 0 Å². The number of carbonyl (C=O) groups is 1. The van der Waals surface area contributed by atoms with E-state index in [0.29, 0.717) is 6.42 Å². The summed E-state index contributed by atoms with van der Waals surface area (Å²) in [6, 6.07) is 9.70. The molecular weight excluding hydrogens is 212 g/mol. The van der Waals surface area contributed by atoms with Gasteiger partial charge in [0.25, 0.3) is 0 Å². The maximum absolute atomic E-state index is 11.3. The second-order valence-electron chi connectivity index (χ2n) is 4.64. The first kappa shape index (κ1) is 11.7. The van der Waals surface area contributed by atoms with Crippen molar-refractivity contribution in [3.05, 3.63) is 35.9 Å². The van der Waals surface area contributed by atoms with Crippen LogP contribution in [0.2, 0.25) is 0 Å². The topological polar surface area (TPSA) is 37.3 Å². The zero-order valence-corrected chi connectivity index (χ0v) is 9.78. The fourth-order valence-electron chi connectivity index (χ4n) is 2.35. The van der Waals surface area contributed by atoms with Crippen LogP contribution in [0.4, 0.5) is 0 Å². The van der Waals surface area contributed by atoms with Crippen LogP contribution >= 0.6 is 0 Å². The van der Waals surface area contributed by atoms with Gasteiger partial charge in [0.2, 0.25) is 0 Å². The summed E-state index contributed by atoms with van der Waals surface area (Å²) < 4.78 is 0. The predicted octanol–water partition coefficient (Wildman–Crippen LogP) is 3.07. The van der Waals surface area contributed by atoms with E-state index in [4.69, 9.17) is 0 Å². The highest BCUT2D eigenvalue weighted by molar-refractivity contribution is 5.75. The number of carboxylic acid groups (broad SMARTS) is 1. The second kappa shape index (κ2) is 5.05. The van der Waals surface area contributed by atoms with E-state index in [0.717, 1.165) is 31.2 Å². The molecule has 1 aliphatic carbocycles. The molecule has 1 aliphatic rings. The van der Waals surface area contributed by atoms with Crippen molar-refractivity contribution in [2.24, 2.45) is 5.41 Å². The van der Waals surface area contributed by atoms with Crippen LogP contribution in [0.15, 0.2) is 30.3 Å². The Kier molecular flexibility index (Phi) is 3.49. The molecule has 0 unspecified atom stereocenters. The Morgan fingerprint density at radius 3 is 2.47 bits per heavy atom. The Hall–Kier alpha value is -1.75. The average Bonchev–Trinajstić information content (AvgIpc) is 2.80. The summed E-state index contributed by atoms with van der Waals surface area (Å²) in [5.74, 6) is 5.39. The molecule has 1 N–H and O–H groups in total. The van der Waals surface area contributed by atoms with E-state index in [9.17, 15) is 9.90 Å². The molecule has 0 bridgehead atoms. The van der Waals surface area contributed by atoms with Gasteiger partial charge in [0.15, 0.2) is 0 Å². The fraction of sp³-hybridized carbons (Fsp3) is 0.400. The van der Waals surface area contributed by atoms with Crippen LogP contribution in [0, 0.1) is 17.3 Å². The second-order valence-corrected chi connectivity index (χ2v) is 4.64. The molecule has 1 fully saturated rings. The molecule has 1 aromatic rings. The predicted molar refractivity (Wildman–Crippen MR) is 66.5 cm³/mol. The van der Waals surface area contributed by atoms with Crippen LogP contribution in [0.1, 0.15) is 37.7 Å². The highest BCUT2D eigenvalue weighted by Gasteiger charge is 2.40. The van der Waals surface area contributed by atoms with Gasteiger partial charge in [-0.05, 0) is 25.0 Å². The maximum atomic E-state index is 11.3. The third-order valence-corrected chi connectivity index (χ3v) is 3.45. The minimum Gasteiger partial charge on any atom is -0.481 e. The Balaban J connectivity index is 2.06. The molecule has 0 saturated heterocycles. The van der Waals surface area contributed by atoms with Gasteiger partial charge in [-0.15, -0.1) is 0 Å². The average molecular weight is 228 g/mol. The number of rotatable bonds is 2. The molecule has 88 valence electrons. The lowest BCUT2D eigenvalue weighted by Crippen LogP contribution is -2.26. The SMILES string of the molecule is O=C(O)C1(CC#Cc2ccccc2)CCCC1. The van der Waals surface area contributed by atoms with E-state index in [1.54, 1.807) is 0 Å². The zero-order valence-electron chi connectivity index (χ0n) is 9.78. The molecule has 17 heavy (non-hydrogen) atoms. The zero-order chi connectivity index (χ0) is 12.1. The standard InChI is InChI=1S/C15H16O2/c16-14(17)15(10-4-5-11-15)12-6-9-13-7-2-1-3-8-13/h1-3,7-8H,4-5,10-12H2,(H,16,17). The number of benzene rings is 1. The van der Waals surface area contributed by atoms with E-state index in [1.807, 2.05) is 30.3 Å². The summed E-state index contributed by atoms with van der Waals surface area (Å²) in [5, 5.41) is 9.29. The fourth-order valence-corrected chi connectivity index (χ4v) is 2.35. The van der Waals surface area contributed by atoms with Gasteiger partial charge in [0.05, 0.1) is 5.41 Å². The van der Waals surface area contributed by atoms with Crippen molar-refractivity contribution in [3.63, 3.8) is 0 Å². The van der Waals surface area contributed by atoms with Gasteiger partial charge in [-0.2, -0.15) is 0 Å². The number of aliphatic carboxylic acids is 1. The van der Waals surface area contributed by atoms with Gasteiger partial charge >= 0.3 is 5.97 Å². The Bertz CT molecular complexity index is 445. The lowest BCUT2D eigenvalue weighted by Gasteiger charge is -2.20. The van der Waals surface area contributed by atoms with Crippen molar-refractivity contribution in [1.29, 1.82) is 0 Å². The third kappa shape index (κ3) is 2.68. The Morgan fingerprint density at radius 2 is 1.88 bits per heavy atom. The summed E-state index contributed by atoms with van der Waals surface area (Å²) in [4.78, 5) is 11.3. The monoisotopic (exact) mass is 228 g/mol. The van der Waals surface area contributed by atoms with Crippen LogP contribution in [0.5, 0.6) is 0 Å². The van der Waals surface area contributed by atoms with Crippen molar-refractivity contribution in [3.8, 4) is 11.8 Å². The maximum Gasteiger partial charge on any atom is 0.310 e. The van der Waals surface area contributed by atoms with Crippen molar-refractivity contribution in [1.82, 2.24) is 0 Å². The number of hydrogen-bond donors (Lipinski definition) is 1. The molecule has 1 aromatic carbocycles. The van der Waals surface area contributed by atoms with Crippen LogP contribution in [0.3, 0.4) is 0 Å². The van der Waals surface area contributed by atoms with Gasteiger partial charge in [-0.3, -0.25) is 4.79 Å². The van der Waals surface area contributed by atoms with E-state index < -0.39 is 11.4 Å². The van der Waals surface area contributed by atoms with Crippen LogP contribution in [-0.4, -0.2) is 11.1 Å². The normalized spacial score (nSPS) is 17.2. The first-order valence-corrected chi connectivity index (χ1v) is 6.00. The number of hydrogen-bond acceptors (Lipinski definition) is 1. The molecule has 2 heteroatoms. The summed E-state index contributed by atoms with van der Waals surface area (Å²) in [6.07, 6.45) is 4.04. The highest BCUT2D eigenvalue weighted by Crippen LogP contribution is 2.41. The summed E-state index contributed by atoms with van der Waals surface area (Å²) in [6.45, 7) is 0. The summed E-state index contributed by atoms with van der Waals surface area (Å²) >= 11 is 0. The van der Waals surface area contributed by atoms with Crippen molar-refractivity contribution in [2.75, 3.05) is 0 Å². The third-order valence-electron chi connectivity index (χ3n) is 3.45. The lowest BCUT2D eigenvalue weighted by molar-refractivity contribution is -0.148. The first-order valence-electron chi connectivity index (χ1n) is 6.00. The van der Waals surface area contributed by atoms with Crippen molar-refractivity contribution >= 4 is 5.97 Å². The summed E-state index contributed by atoms with van der Waals surface area (Å²) in [7, 11) is 0. The van der Waals surface area contributed by atoms with Crippen LogP contribution in [0.25, 0.3) is 0 Å². The van der Waals surface area contributed by atoms with Gasteiger partial charge in [-0.1, -0.05) is 42.9 Å². The van der Waals surface area contributed by atoms with Crippen LogP contribution < -0.4 is 0 Å². The summed E-state index contributed by atoms with van der Waals surface area (Å²) in [5.41, 5.74) is 0.368. The first-order chi connectivity index (χ1) is 8.23. The molecule has 0 aliphatic heterocycles. The van der Waals surface area contributed by atoms with Gasteiger partial charge in [0.1, 0.15) is 0 Å². The molecule has 0 atom stereocenters. The minimum atomic E-state index is -0.683. The molecule has 2 nitrogen and oxygen atoms in total. The Morgan fingerprint density at radius 1 is 1.24 bits per heavy atom. The van der Waals surface area contributed by atoms with Gasteiger partial charge in [0, 0.05) is 12.0 Å². The molecule has 0 spiro atoms. The molecule has 0 radical (unpaired) electrons.